The zero-order valence-corrected chi connectivity index (χ0v) is 11.3. The van der Waals surface area contributed by atoms with Crippen LogP contribution < -0.4 is 0 Å². The van der Waals surface area contributed by atoms with Crippen LogP contribution in [0.2, 0.25) is 10.0 Å². The third kappa shape index (κ3) is 2.80. The van der Waals surface area contributed by atoms with Crippen LogP contribution in [-0.2, 0) is 11.2 Å². The van der Waals surface area contributed by atoms with Gasteiger partial charge < -0.3 is 4.90 Å². The van der Waals surface area contributed by atoms with Crippen LogP contribution in [0.3, 0.4) is 0 Å². The fourth-order valence-corrected chi connectivity index (χ4v) is 2.51. The van der Waals surface area contributed by atoms with Crippen LogP contribution in [0.15, 0.2) is 18.2 Å². The minimum Gasteiger partial charge on any atom is -0.341 e. The van der Waals surface area contributed by atoms with Crippen molar-refractivity contribution in [1.82, 2.24) is 4.90 Å². The predicted molar refractivity (Wildman–Crippen MR) is 73.7 cm³/mol. The molecule has 1 aromatic rings. The molecule has 2 rings (SSSR count). The first kappa shape index (κ1) is 13.3. The Morgan fingerprint density at radius 2 is 2.22 bits per heavy atom. The van der Waals surface area contributed by atoms with E-state index in [4.69, 9.17) is 29.6 Å². The maximum Gasteiger partial charge on any atom is 0.223 e. The molecule has 2 nitrogen and oxygen atoms in total. The van der Waals surface area contributed by atoms with E-state index in [0.29, 0.717) is 36.0 Å². The smallest absolute Gasteiger partial charge is 0.223 e. The minimum absolute atomic E-state index is 0.0485. The highest BCUT2D eigenvalue weighted by atomic mass is 35.5. The second-order valence-corrected chi connectivity index (χ2v) is 5.16. The van der Waals surface area contributed by atoms with Crippen molar-refractivity contribution in [2.45, 2.75) is 12.8 Å². The molecule has 0 spiro atoms. The van der Waals surface area contributed by atoms with E-state index in [1.165, 1.54) is 0 Å². The molecule has 0 N–H and O–H groups in total. The van der Waals surface area contributed by atoms with Crippen LogP contribution >= 0.6 is 23.2 Å². The standard InChI is InChI=1S/C14H13Cl2NO/c1-2-10-8-13(18)17(9-10)7-6-11-4-3-5-12(15)14(11)16/h1,3-5,10H,6-9H2. The van der Waals surface area contributed by atoms with E-state index < -0.39 is 0 Å². The lowest BCUT2D eigenvalue weighted by atomic mass is 10.1. The summed E-state index contributed by atoms with van der Waals surface area (Å²) in [5, 5.41) is 1.11. The number of likely N-dealkylation sites (tertiary alicyclic amines) is 1. The monoisotopic (exact) mass is 281 g/mol. The van der Waals surface area contributed by atoms with Crippen molar-refractivity contribution in [1.29, 1.82) is 0 Å². The summed E-state index contributed by atoms with van der Waals surface area (Å²) >= 11 is 12.0. The van der Waals surface area contributed by atoms with Crippen LogP contribution in [0.4, 0.5) is 0 Å². The second kappa shape index (κ2) is 5.65. The van der Waals surface area contributed by atoms with Gasteiger partial charge in [-0.25, -0.2) is 0 Å². The van der Waals surface area contributed by atoms with Gasteiger partial charge in [0.2, 0.25) is 5.91 Å². The number of hydrogen-bond acceptors (Lipinski definition) is 1. The van der Waals surface area contributed by atoms with Crippen LogP contribution in [-0.4, -0.2) is 23.9 Å². The lowest BCUT2D eigenvalue weighted by Crippen LogP contribution is -2.27. The number of benzene rings is 1. The molecule has 1 amide bonds. The first-order valence-electron chi connectivity index (χ1n) is 5.78. The van der Waals surface area contributed by atoms with Gasteiger partial charge in [-0.2, -0.15) is 0 Å². The molecule has 0 aliphatic carbocycles. The normalized spacial score (nSPS) is 19.1. The van der Waals surface area contributed by atoms with Crippen molar-refractivity contribution in [2.75, 3.05) is 13.1 Å². The number of rotatable bonds is 3. The van der Waals surface area contributed by atoms with Gasteiger partial charge in [-0.15, -0.1) is 12.3 Å². The fraction of sp³-hybridized carbons (Fsp3) is 0.357. The van der Waals surface area contributed by atoms with Crippen LogP contribution in [0.25, 0.3) is 0 Å². The van der Waals surface area contributed by atoms with Crippen molar-refractivity contribution in [3.63, 3.8) is 0 Å². The molecule has 94 valence electrons. The summed E-state index contributed by atoms with van der Waals surface area (Å²) in [5.74, 6) is 2.80. The molecule has 1 fully saturated rings. The zero-order chi connectivity index (χ0) is 13.1. The molecular weight excluding hydrogens is 269 g/mol. The number of halogens is 2. The number of terminal acetylenes is 1. The number of carbonyl (C=O) groups is 1. The molecule has 0 aromatic heterocycles. The Balaban J connectivity index is 1.98. The van der Waals surface area contributed by atoms with E-state index in [-0.39, 0.29) is 11.8 Å². The Labute approximate surface area is 117 Å². The lowest BCUT2D eigenvalue weighted by molar-refractivity contribution is -0.127. The highest BCUT2D eigenvalue weighted by molar-refractivity contribution is 6.42. The summed E-state index contributed by atoms with van der Waals surface area (Å²) in [6, 6.07) is 5.54. The van der Waals surface area contributed by atoms with Crippen molar-refractivity contribution in [2.24, 2.45) is 5.92 Å². The van der Waals surface area contributed by atoms with Crippen molar-refractivity contribution < 1.29 is 4.79 Å². The van der Waals surface area contributed by atoms with Gasteiger partial charge in [0.1, 0.15) is 0 Å². The molecule has 1 heterocycles. The fourth-order valence-electron chi connectivity index (χ4n) is 2.10. The maximum absolute atomic E-state index is 11.7. The highest BCUT2D eigenvalue weighted by Crippen LogP contribution is 2.26. The summed E-state index contributed by atoms with van der Waals surface area (Å²) in [4.78, 5) is 13.5. The molecule has 1 atom stereocenters. The molecule has 1 aromatic carbocycles. The number of nitrogens with zero attached hydrogens (tertiary/aromatic N) is 1. The Kier molecular flexibility index (Phi) is 4.16. The van der Waals surface area contributed by atoms with E-state index >= 15 is 0 Å². The van der Waals surface area contributed by atoms with Crippen LogP contribution in [0.5, 0.6) is 0 Å². The van der Waals surface area contributed by atoms with Gasteiger partial charge in [-0.1, -0.05) is 35.3 Å². The zero-order valence-electron chi connectivity index (χ0n) is 9.83. The minimum atomic E-state index is 0.0485. The molecule has 0 bridgehead atoms. The quantitative estimate of drug-likeness (QED) is 0.780. The van der Waals surface area contributed by atoms with E-state index in [2.05, 4.69) is 5.92 Å². The number of carbonyl (C=O) groups excluding carboxylic acids is 1. The van der Waals surface area contributed by atoms with Gasteiger partial charge in [0.05, 0.1) is 10.0 Å². The maximum atomic E-state index is 11.7. The summed E-state index contributed by atoms with van der Waals surface area (Å²) in [6.07, 6.45) is 6.50. The Morgan fingerprint density at radius 3 is 2.89 bits per heavy atom. The summed E-state index contributed by atoms with van der Waals surface area (Å²) in [7, 11) is 0. The predicted octanol–water partition coefficient (Wildman–Crippen LogP) is 3.02. The molecule has 4 heteroatoms. The topological polar surface area (TPSA) is 20.3 Å². The summed E-state index contributed by atoms with van der Waals surface area (Å²) < 4.78 is 0. The first-order valence-corrected chi connectivity index (χ1v) is 6.54. The molecule has 0 saturated carbocycles. The summed E-state index contributed by atoms with van der Waals surface area (Å²) in [6.45, 7) is 1.28. The highest BCUT2D eigenvalue weighted by Gasteiger charge is 2.27. The van der Waals surface area contributed by atoms with Gasteiger partial charge in [-0.3, -0.25) is 4.79 Å². The average Bonchev–Trinajstić information content (AvgIpc) is 2.72. The lowest BCUT2D eigenvalue weighted by Gasteiger charge is -2.16. The van der Waals surface area contributed by atoms with E-state index in [0.717, 1.165) is 5.56 Å². The molecular formula is C14H13Cl2NO. The van der Waals surface area contributed by atoms with Gasteiger partial charge in [-0.05, 0) is 18.1 Å². The Morgan fingerprint density at radius 1 is 1.44 bits per heavy atom. The largest absolute Gasteiger partial charge is 0.341 e. The molecule has 18 heavy (non-hydrogen) atoms. The molecule has 1 unspecified atom stereocenters. The first-order chi connectivity index (χ1) is 8.61. The van der Waals surface area contributed by atoms with Crippen LogP contribution in [0, 0.1) is 18.3 Å². The van der Waals surface area contributed by atoms with Crippen LogP contribution in [0.1, 0.15) is 12.0 Å². The van der Waals surface area contributed by atoms with Gasteiger partial charge >= 0.3 is 0 Å². The van der Waals surface area contributed by atoms with Gasteiger partial charge in [0.15, 0.2) is 0 Å². The third-order valence-electron chi connectivity index (χ3n) is 3.13. The summed E-state index contributed by atoms with van der Waals surface area (Å²) in [5.41, 5.74) is 0.959. The molecule has 1 aliphatic heterocycles. The van der Waals surface area contributed by atoms with Gasteiger partial charge in [0, 0.05) is 25.4 Å². The molecule has 0 radical (unpaired) electrons. The van der Waals surface area contributed by atoms with E-state index in [1.54, 1.807) is 11.0 Å². The Hall–Kier alpha value is -1.17. The molecule has 1 saturated heterocycles. The van der Waals surface area contributed by atoms with Crippen molar-refractivity contribution >= 4 is 29.1 Å². The number of hydrogen-bond donors (Lipinski definition) is 0. The van der Waals surface area contributed by atoms with Crippen molar-refractivity contribution in [3.8, 4) is 12.3 Å². The second-order valence-electron chi connectivity index (χ2n) is 4.37. The van der Waals surface area contributed by atoms with E-state index in [9.17, 15) is 4.79 Å². The van der Waals surface area contributed by atoms with Gasteiger partial charge in [0.25, 0.3) is 0 Å². The van der Waals surface area contributed by atoms with E-state index in [1.807, 2.05) is 12.1 Å². The Bertz CT molecular complexity index is 507. The molecule has 1 aliphatic rings. The number of amides is 1. The third-order valence-corrected chi connectivity index (χ3v) is 3.99. The van der Waals surface area contributed by atoms with Crippen molar-refractivity contribution in [3.05, 3.63) is 33.8 Å². The average molecular weight is 282 g/mol. The SMILES string of the molecule is C#CC1CC(=O)N(CCc2cccc(Cl)c2Cl)C1.